The molecule has 0 bridgehead atoms. The monoisotopic (exact) mass is 378 g/mol. The summed E-state index contributed by atoms with van der Waals surface area (Å²) in [6, 6.07) is 13.3. The predicted octanol–water partition coefficient (Wildman–Crippen LogP) is 3.53. The third-order valence-corrected chi connectivity index (χ3v) is 6.09. The lowest BCUT2D eigenvalue weighted by Crippen LogP contribution is -2.43. The number of hydrogen-bond donors (Lipinski definition) is 1. The molecule has 1 saturated heterocycles. The number of carboxylic acids is 1. The van der Waals surface area contributed by atoms with E-state index in [9.17, 15) is 14.7 Å². The summed E-state index contributed by atoms with van der Waals surface area (Å²) in [5.74, 6) is -0.899. The van der Waals surface area contributed by atoms with Crippen molar-refractivity contribution in [1.82, 2.24) is 9.80 Å². The summed E-state index contributed by atoms with van der Waals surface area (Å²) in [6.45, 7) is 5.80. The zero-order valence-corrected chi connectivity index (χ0v) is 16.2. The number of fused-ring (bicyclic) bond motifs is 1. The van der Waals surface area contributed by atoms with Crippen molar-refractivity contribution in [2.75, 3.05) is 26.2 Å². The molecule has 1 unspecified atom stereocenters. The minimum atomic E-state index is -0.957. The molecular weight excluding hydrogens is 352 g/mol. The number of rotatable bonds is 5. The summed E-state index contributed by atoms with van der Waals surface area (Å²) >= 11 is 0. The van der Waals surface area contributed by atoms with Crippen LogP contribution in [0.25, 0.3) is 11.1 Å². The molecule has 1 N–H and O–H groups in total. The maximum atomic E-state index is 13.1. The lowest BCUT2D eigenvalue weighted by Gasteiger charge is -2.31. The van der Waals surface area contributed by atoms with Crippen LogP contribution in [0.5, 0.6) is 0 Å². The Morgan fingerprint density at radius 2 is 1.93 bits per heavy atom. The molecule has 1 amide bonds. The van der Waals surface area contributed by atoms with Crippen LogP contribution in [0.1, 0.15) is 46.0 Å². The lowest BCUT2D eigenvalue weighted by molar-refractivity contribution is 0.0695. The summed E-state index contributed by atoms with van der Waals surface area (Å²) in [5.41, 5.74) is 3.44. The third kappa shape index (κ3) is 3.54. The van der Waals surface area contributed by atoms with Crippen molar-refractivity contribution in [1.29, 1.82) is 0 Å². The number of likely N-dealkylation sites (tertiary alicyclic amines) is 1. The van der Waals surface area contributed by atoms with Crippen LogP contribution in [-0.2, 0) is 6.42 Å². The minimum Gasteiger partial charge on any atom is -0.478 e. The molecule has 2 heterocycles. The molecule has 0 radical (unpaired) electrons. The van der Waals surface area contributed by atoms with E-state index in [1.165, 1.54) is 12.8 Å². The third-order valence-electron chi connectivity index (χ3n) is 6.09. The first-order valence-corrected chi connectivity index (χ1v) is 10.0. The normalized spacial score (nSPS) is 19.7. The summed E-state index contributed by atoms with van der Waals surface area (Å²) in [7, 11) is 0. The molecule has 5 nitrogen and oxygen atoms in total. The average Bonchev–Trinajstić information content (AvgIpc) is 3.12. The molecule has 2 aliphatic heterocycles. The largest absolute Gasteiger partial charge is 0.478 e. The van der Waals surface area contributed by atoms with Crippen molar-refractivity contribution in [2.24, 2.45) is 0 Å². The quantitative estimate of drug-likeness (QED) is 0.865. The van der Waals surface area contributed by atoms with Gasteiger partial charge in [-0.3, -0.25) is 9.69 Å². The van der Waals surface area contributed by atoms with Gasteiger partial charge in [-0.05, 0) is 61.6 Å². The summed E-state index contributed by atoms with van der Waals surface area (Å²) in [4.78, 5) is 29.1. The number of carbonyl (C=O) groups excluding carboxylic acids is 1. The molecule has 2 aromatic carbocycles. The molecule has 1 atom stereocenters. The first kappa shape index (κ1) is 18.7. The first-order chi connectivity index (χ1) is 13.5. The zero-order valence-electron chi connectivity index (χ0n) is 16.2. The maximum absolute atomic E-state index is 13.1. The molecular formula is C23H26N2O3. The summed E-state index contributed by atoms with van der Waals surface area (Å²) < 4.78 is 0. The summed E-state index contributed by atoms with van der Waals surface area (Å²) in [5, 5.41) is 9.47. The maximum Gasteiger partial charge on any atom is 0.336 e. The Labute approximate surface area is 165 Å². The van der Waals surface area contributed by atoms with Crippen molar-refractivity contribution < 1.29 is 14.7 Å². The number of carbonyl (C=O) groups is 2. The number of amides is 1. The highest BCUT2D eigenvalue weighted by Gasteiger charge is 2.27. The fourth-order valence-electron chi connectivity index (χ4n) is 4.40. The van der Waals surface area contributed by atoms with Crippen LogP contribution in [0.15, 0.2) is 42.5 Å². The molecule has 146 valence electrons. The Morgan fingerprint density at radius 3 is 2.68 bits per heavy atom. The van der Waals surface area contributed by atoms with Crippen molar-refractivity contribution >= 4 is 11.9 Å². The van der Waals surface area contributed by atoms with Gasteiger partial charge < -0.3 is 10.0 Å². The van der Waals surface area contributed by atoms with Gasteiger partial charge in [0.15, 0.2) is 0 Å². The van der Waals surface area contributed by atoms with Gasteiger partial charge in [0.2, 0.25) is 0 Å². The van der Waals surface area contributed by atoms with Gasteiger partial charge in [-0.25, -0.2) is 4.79 Å². The van der Waals surface area contributed by atoms with Gasteiger partial charge in [-0.2, -0.15) is 0 Å². The van der Waals surface area contributed by atoms with Crippen LogP contribution in [0, 0.1) is 0 Å². The van der Waals surface area contributed by atoms with Gasteiger partial charge in [0.25, 0.3) is 5.91 Å². The van der Waals surface area contributed by atoms with E-state index in [-0.39, 0.29) is 11.5 Å². The second-order valence-corrected chi connectivity index (χ2v) is 7.79. The summed E-state index contributed by atoms with van der Waals surface area (Å²) in [6.07, 6.45) is 3.32. The van der Waals surface area contributed by atoms with Gasteiger partial charge in [0.05, 0.1) is 5.56 Å². The topological polar surface area (TPSA) is 60.9 Å². The van der Waals surface area contributed by atoms with Crippen molar-refractivity contribution in [3.8, 4) is 11.1 Å². The lowest BCUT2D eigenvalue weighted by atomic mass is 9.92. The Morgan fingerprint density at radius 1 is 1.11 bits per heavy atom. The smallest absolute Gasteiger partial charge is 0.336 e. The molecule has 28 heavy (non-hydrogen) atoms. The van der Waals surface area contributed by atoms with E-state index in [2.05, 4.69) is 11.8 Å². The predicted molar refractivity (Wildman–Crippen MR) is 109 cm³/mol. The van der Waals surface area contributed by atoms with Crippen LogP contribution in [0.2, 0.25) is 0 Å². The second kappa shape index (κ2) is 7.76. The van der Waals surface area contributed by atoms with E-state index in [0.29, 0.717) is 17.2 Å². The molecule has 2 aliphatic rings. The number of aromatic carboxylic acids is 1. The van der Waals surface area contributed by atoms with E-state index in [0.717, 1.165) is 43.7 Å². The van der Waals surface area contributed by atoms with E-state index >= 15 is 0 Å². The molecule has 0 aromatic heterocycles. The minimum absolute atomic E-state index is 0.0581. The number of benzene rings is 2. The molecule has 0 aliphatic carbocycles. The van der Waals surface area contributed by atoms with Crippen LogP contribution in [0.4, 0.5) is 0 Å². The average molecular weight is 378 g/mol. The fourth-order valence-corrected chi connectivity index (χ4v) is 4.40. The van der Waals surface area contributed by atoms with Gasteiger partial charge in [-0.15, -0.1) is 0 Å². The SMILES string of the molecule is CC1CCCN1CCN1CCc2ccc(-c3ccccc3C(=O)O)cc2C1=O. The van der Waals surface area contributed by atoms with Crippen molar-refractivity contribution in [2.45, 2.75) is 32.2 Å². The van der Waals surface area contributed by atoms with Crippen LogP contribution < -0.4 is 0 Å². The van der Waals surface area contributed by atoms with Crippen LogP contribution in [0.3, 0.4) is 0 Å². The molecule has 2 aromatic rings. The second-order valence-electron chi connectivity index (χ2n) is 7.79. The molecule has 0 saturated carbocycles. The molecule has 5 heteroatoms. The fraction of sp³-hybridized carbons (Fsp3) is 0.391. The molecule has 0 spiro atoms. The van der Waals surface area contributed by atoms with Crippen molar-refractivity contribution in [3.63, 3.8) is 0 Å². The van der Waals surface area contributed by atoms with Gasteiger partial charge >= 0.3 is 5.97 Å². The van der Waals surface area contributed by atoms with E-state index < -0.39 is 5.97 Å². The van der Waals surface area contributed by atoms with Crippen LogP contribution in [-0.4, -0.2) is 59.0 Å². The highest BCUT2D eigenvalue weighted by molar-refractivity contribution is 6.00. The number of nitrogens with zero attached hydrogens (tertiary/aromatic N) is 2. The highest BCUT2D eigenvalue weighted by atomic mass is 16.4. The van der Waals surface area contributed by atoms with Crippen LogP contribution >= 0.6 is 0 Å². The van der Waals surface area contributed by atoms with E-state index in [4.69, 9.17) is 0 Å². The van der Waals surface area contributed by atoms with Gasteiger partial charge in [0, 0.05) is 31.2 Å². The number of carboxylic acid groups (broad SMARTS) is 1. The number of hydrogen-bond acceptors (Lipinski definition) is 3. The van der Waals surface area contributed by atoms with Crippen molar-refractivity contribution in [3.05, 3.63) is 59.2 Å². The standard InChI is InChI=1S/C23H26N2O3/c1-16-5-4-11-24(16)13-14-25-12-10-17-8-9-18(15-21(17)22(25)26)19-6-2-3-7-20(19)23(27)28/h2-3,6-9,15-16H,4-5,10-14H2,1H3,(H,27,28). The van der Waals surface area contributed by atoms with Gasteiger partial charge in [0.1, 0.15) is 0 Å². The molecule has 4 rings (SSSR count). The van der Waals surface area contributed by atoms with Gasteiger partial charge in [-0.1, -0.05) is 30.3 Å². The zero-order chi connectivity index (χ0) is 19.7. The first-order valence-electron chi connectivity index (χ1n) is 10.0. The highest BCUT2D eigenvalue weighted by Crippen LogP contribution is 2.29. The van der Waals surface area contributed by atoms with E-state index in [1.807, 2.05) is 29.2 Å². The Hall–Kier alpha value is -2.66. The Bertz CT molecular complexity index is 908. The Balaban J connectivity index is 1.57. The Kier molecular flexibility index (Phi) is 5.18. The van der Waals surface area contributed by atoms with E-state index in [1.54, 1.807) is 18.2 Å². The molecule has 1 fully saturated rings.